The van der Waals surface area contributed by atoms with Gasteiger partial charge in [0.1, 0.15) is 16.7 Å². The molecule has 4 rings (SSSR count). The van der Waals surface area contributed by atoms with Crippen LogP contribution < -0.4 is 14.6 Å². The molecule has 1 saturated heterocycles. The maximum absolute atomic E-state index is 11.2. The minimum absolute atomic E-state index is 0.403. The minimum atomic E-state index is -0.960. The molecule has 1 fully saturated rings. The van der Waals surface area contributed by atoms with E-state index in [0.29, 0.717) is 13.0 Å². The normalized spacial score (nSPS) is 17.5. The third-order valence-corrected chi connectivity index (χ3v) is 5.43. The largest absolute Gasteiger partial charge is 0.550 e. The molecule has 2 aromatic carbocycles. The van der Waals surface area contributed by atoms with Crippen molar-refractivity contribution in [2.45, 2.75) is 12.8 Å². The van der Waals surface area contributed by atoms with Crippen LogP contribution in [-0.2, 0) is 18.9 Å². The fourth-order valence-electron chi connectivity index (χ4n) is 3.84. The second-order valence-electron chi connectivity index (χ2n) is 7.23. The van der Waals surface area contributed by atoms with Gasteiger partial charge in [0.05, 0.1) is 14.1 Å². The van der Waals surface area contributed by atoms with Gasteiger partial charge < -0.3 is 14.8 Å². The topological polar surface area (TPSA) is 76.9 Å². The number of imidazole rings is 1. The molecular weight excluding hydrogens is 354 g/mol. The number of carbonyl (C=O) groups is 1. The molecule has 2 heterocycles. The fourth-order valence-corrected chi connectivity index (χ4v) is 3.84. The van der Waals surface area contributed by atoms with Crippen molar-refractivity contribution in [2.24, 2.45) is 30.2 Å². The van der Waals surface area contributed by atoms with Crippen LogP contribution in [0.1, 0.15) is 12.8 Å². The van der Waals surface area contributed by atoms with Gasteiger partial charge in [0.2, 0.25) is 0 Å². The molecule has 0 amide bonds. The first-order valence-electron chi connectivity index (χ1n) is 9.45. The van der Waals surface area contributed by atoms with E-state index >= 15 is 0 Å². The Kier molecular flexibility index (Phi) is 4.81. The van der Waals surface area contributed by atoms with Crippen LogP contribution in [-0.4, -0.2) is 23.6 Å². The van der Waals surface area contributed by atoms with Crippen LogP contribution in [0, 0.1) is 5.92 Å². The van der Waals surface area contributed by atoms with Crippen molar-refractivity contribution in [1.29, 1.82) is 0 Å². The number of hydrogen-bond acceptors (Lipinski definition) is 5. The number of aryl methyl sites for hydroxylation is 2. The summed E-state index contributed by atoms with van der Waals surface area (Å²) in [4.78, 5) is 13.2. The molecule has 1 aliphatic rings. The molecule has 7 heteroatoms. The Morgan fingerprint density at radius 2 is 1.89 bits per heavy atom. The number of para-hydroxylation sites is 2. The van der Waals surface area contributed by atoms with E-state index in [-0.39, 0.29) is 0 Å². The number of carbonyl (C=O) groups excluding carboxylic acids is 1. The van der Waals surface area contributed by atoms with Gasteiger partial charge in [-0.05, 0) is 49.2 Å². The van der Waals surface area contributed by atoms with Crippen LogP contribution in [0.5, 0.6) is 0 Å². The summed E-state index contributed by atoms with van der Waals surface area (Å²) in [6.45, 7) is 1.35. The number of fused-ring (bicyclic) bond motifs is 1. The second-order valence-corrected chi connectivity index (χ2v) is 7.23. The fraction of sp³-hybridized carbons (Fsp3) is 0.333. The quantitative estimate of drug-likeness (QED) is 0.517. The Hall–Kier alpha value is -3.22. The average molecular weight is 377 g/mol. The average Bonchev–Trinajstić information content (AvgIpc) is 2.97. The van der Waals surface area contributed by atoms with Gasteiger partial charge in [-0.1, -0.05) is 17.2 Å². The van der Waals surface area contributed by atoms with Gasteiger partial charge in [0.15, 0.2) is 0 Å². The van der Waals surface area contributed by atoms with Gasteiger partial charge >= 0.3 is 5.95 Å². The Morgan fingerprint density at radius 1 is 1.14 bits per heavy atom. The van der Waals surface area contributed by atoms with Crippen molar-refractivity contribution >= 4 is 34.3 Å². The van der Waals surface area contributed by atoms with Crippen molar-refractivity contribution in [3.8, 4) is 0 Å². The number of hydrogen-bond donors (Lipinski definition) is 0. The maximum Gasteiger partial charge on any atom is 0.422 e. The van der Waals surface area contributed by atoms with E-state index in [9.17, 15) is 9.90 Å². The first kappa shape index (κ1) is 18.2. The van der Waals surface area contributed by atoms with E-state index < -0.39 is 11.9 Å². The summed E-state index contributed by atoms with van der Waals surface area (Å²) in [6, 6.07) is 15.9. The van der Waals surface area contributed by atoms with Crippen molar-refractivity contribution < 1.29 is 14.5 Å². The summed E-state index contributed by atoms with van der Waals surface area (Å²) in [5.41, 5.74) is 3.95. The highest BCUT2D eigenvalue weighted by Gasteiger charge is 2.21. The van der Waals surface area contributed by atoms with Gasteiger partial charge in [-0.15, -0.1) is 0 Å². The number of rotatable bonds is 4. The van der Waals surface area contributed by atoms with Gasteiger partial charge in [-0.2, -0.15) is 0 Å². The predicted molar refractivity (Wildman–Crippen MR) is 105 cm³/mol. The van der Waals surface area contributed by atoms with Crippen LogP contribution in [0.4, 0.5) is 17.3 Å². The number of azo groups is 1. The standard InChI is InChI=1S/C21H23N5O2/c1-24-18-7-3-4-8-19(18)25(2)21(24)23-22-16-9-11-17(12-10-16)26-13-5-6-15(14-26)20(27)28/h3-4,7-12,15H,5-6,13-14H2,1-2H3. The van der Waals surface area contributed by atoms with Crippen molar-refractivity contribution in [2.75, 3.05) is 18.0 Å². The van der Waals surface area contributed by atoms with Gasteiger partial charge in [0.25, 0.3) is 0 Å². The van der Waals surface area contributed by atoms with Crippen molar-refractivity contribution in [3.05, 3.63) is 48.5 Å². The lowest BCUT2D eigenvalue weighted by molar-refractivity contribution is -0.632. The van der Waals surface area contributed by atoms with E-state index in [4.69, 9.17) is 0 Å². The van der Waals surface area contributed by atoms with Crippen molar-refractivity contribution in [3.63, 3.8) is 0 Å². The molecule has 28 heavy (non-hydrogen) atoms. The molecule has 144 valence electrons. The Balaban J connectivity index is 1.53. The van der Waals surface area contributed by atoms with E-state index in [0.717, 1.165) is 41.3 Å². The lowest BCUT2D eigenvalue weighted by atomic mass is 9.98. The minimum Gasteiger partial charge on any atom is -0.550 e. The van der Waals surface area contributed by atoms with Gasteiger partial charge in [-0.25, -0.2) is 9.13 Å². The molecule has 1 aromatic heterocycles. The predicted octanol–water partition coefficient (Wildman–Crippen LogP) is 2.38. The molecule has 1 aliphatic heterocycles. The smallest absolute Gasteiger partial charge is 0.422 e. The van der Waals surface area contributed by atoms with Crippen LogP contribution in [0.3, 0.4) is 0 Å². The van der Waals surface area contributed by atoms with Gasteiger partial charge in [-0.3, -0.25) is 0 Å². The molecule has 1 unspecified atom stereocenters. The molecule has 1 atom stereocenters. The summed E-state index contributed by atoms with van der Waals surface area (Å²) < 4.78 is 4.03. The summed E-state index contributed by atoms with van der Waals surface area (Å²) in [5, 5.41) is 20.0. The lowest BCUT2D eigenvalue weighted by Gasteiger charge is -2.34. The molecule has 0 bridgehead atoms. The number of nitrogens with zero attached hydrogens (tertiary/aromatic N) is 5. The molecule has 0 aliphatic carbocycles. The molecule has 0 N–H and O–H groups in total. The first-order valence-corrected chi connectivity index (χ1v) is 9.45. The lowest BCUT2D eigenvalue weighted by Crippen LogP contribution is -2.43. The zero-order chi connectivity index (χ0) is 19.7. The summed E-state index contributed by atoms with van der Waals surface area (Å²) >= 11 is 0. The molecule has 3 aromatic rings. The zero-order valence-electron chi connectivity index (χ0n) is 16.1. The number of aliphatic carboxylic acids is 1. The van der Waals surface area contributed by atoms with Gasteiger partial charge in [0, 0.05) is 35.8 Å². The Morgan fingerprint density at radius 3 is 2.61 bits per heavy atom. The van der Waals surface area contributed by atoms with E-state index in [1.54, 1.807) is 0 Å². The third kappa shape index (κ3) is 3.35. The molecular formula is C21H23N5O2. The summed E-state index contributed by atoms with van der Waals surface area (Å²) in [6.07, 6.45) is 1.55. The van der Waals surface area contributed by atoms with Crippen LogP contribution in [0.25, 0.3) is 11.0 Å². The number of anilines is 1. The summed E-state index contributed by atoms with van der Waals surface area (Å²) in [5.74, 6) is -0.601. The highest BCUT2D eigenvalue weighted by Crippen LogP contribution is 2.26. The highest BCUT2D eigenvalue weighted by atomic mass is 16.4. The number of carboxylic acids is 1. The monoisotopic (exact) mass is 377 g/mol. The number of benzene rings is 2. The maximum atomic E-state index is 11.2. The molecule has 0 saturated carbocycles. The number of piperidine rings is 1. The Labute approximate surface area is 163 Å². The highest BCUT2D eigenvalue weighted by molar-refractivity contribution is 5.73. The molecule has 0 spiro atoms. The summed E-state index contributed by atoms with van der Waals surface area (Å²) in [7, 11) is 3.95. The molecule has 0 radical (unpaired) electrons. The Bertz CT molecular complexity index is 1000. The van der Waals surface area contributed by atoms with E-state index in [2.05, 4.69) is 27.3 Å². The van der Waals surface area contributed by atoms with Crippen LogP contribution >= 0.6 is 0 Å². The zero-order valence-corrected chi connectivity index (χ0v) is 16.1. The first-order chi connectivity index (χ1) is 13.5. The van der Waals surface area contributed by atoms with Crippen LogP contribution in [0.15, 0.2) is 58.8 Å². The second kappa shape index (κ2) is 7.42. The van der Waals surface area contributed by atoms with E-state index in [1.165, 1.54) is 0 Å². The van der Waals surface area contributed by atoms with E-state index in [1.807, 2.05) is 59.6 Å². The van der Waals surface area contributed by atoms with Crippen molar-refractivity contribution in [1.82, 2.24) is 4.57 Å². The molecule has 7 nitrogen and oxygen atoms in total. The van der Waals surface area contributed by atoms with Crippen LogP contribution in [0.2, 0.25) is 0 Å². The SMILES string of the molecule is Cn1c(N=Nc2ccc(N3CCCC(C(=O)[O-])C3)cc2)[n+](C)c2ccccc21. The number of carboxylic acid groups (broad SMARTS) is 1. The third-order valence-electron chi connectivity index (χ3n) is 5.43. The number of aromatic nitrogens is 2.